The molecule has 3 nitrogen and oxygen atoms in total. The summed E-state index contributed by atoms with van der Waals surface area (Å²) in [6.45, 7) is 1.83. The first-order valence-electron chi connectivity index (χ1n) is 4.67. The maximum atomic E-state index is 11.5. The number of rotatable bonds is 3. The number of anilines is 1. The van der Waals surface area contributed by atoms with Gasteiger partial charge < -0.3 is 11.1 Å². The minimum Gasteiger partial charge on any atom is -0.323 e. The van der Waals surface area contributed by atoms with Gasteiger partial charge in [-0.15, -0.1) is 0 Å². The Hall–Kier alpha value is -0.290. The Morgan fingerprint density at radius 1 is 1.50 bits per heavy atom. The molecular formula is C10H11BrCl2N2O. The molecule has 16 heavy (non-hydrogen) atoms. The molecule has 1 amide bonds. The van der Waals surface area contributed by atoms with Crippen molar-refractivity contribution in [3.8, 4) is 0 Å². The predicted octanol–water partition coefficient (Wildman–Crippen LogP) is 3.43. The molecule has 1 aromatic carbocycles. The van der Waals surface area contributed by atoms with Crippen LogP contribution < -0.4 is 11.1 Å². The van der Waals surface area contributed by atoms with E-state index in [2.05, 4.69) is 21.2 Å². The zero-order valence-corrected chi connectivity index (χ0v) is 11.7. The van der Waals surface area contributed by atoms with Crippen molar-refractivity contribution in [2.24, 2.45) is 5.73 Å². The lowest BCUT2D eigenvalue weighted by molar-refractivity contribution is -0.117. The average Bonchev–Trinajstić information content (AvgIpc) is 2.28. The number of amides is 1. The van der Waals surface area contributed by atoms with Crippen molar-refractivity contribution in [1.82, 2.24) is 0 Å². The number of carbonyl (C=O) groups excluding carboxylic acids is 1. The van der Waals surface area contributed by atoms with Gasteiger partial charge in [0.15, 0.2) is 0 Å². The monoisotopic (exact) mass is 324 g/mol. The molecule has 0 saturated heterocycles. The highest BCUT2D eigenvalue weighted by molar-refractivity contribution is 9.10. The first kappa shape index (κ1) is 13.8. The summed E-state index contributed by atoms with van der Waals surface area (Å²) in [5, 5.41) is 3.29. The number of benzene rings is 1. The van der Waals surface area contributed by atoms with E-state index in [9.17, 15) is 4.79 Å². The maximum Gasteiger partial charge on any atom is 0.241 e. The summed E-state index contributed by atoms with van der Waals surface area (Å²) in [4.78, 5) is 11.5. The first-order valence-corrected chi connectivity index (χ1v) is 6.22. The van der Waals surface area contributed by atoms with Crippen molar-refractivity contribution in [2.75, 3.05) is 5.32 Å². The zero-order chi connectivity index (χ0) is 12.3. The Labute approximate surface area is 112 Å². The van der Waals surface area contributed by atoms with E-state index in [4.69, 9.17) is 28.9 Å². The highest BCUT2D eigenvalue weighted by Gasteiger charge is 2.14. The van der Waals surface area contributed by atoms with Gasteiger partial charge in [-0.25, -0.2) is 0 Å². The van der Waals surface area contributed by atoms with E-state index in [0.717, 1.165) is 0 Å². The summed E-state index contributed by atoms with van der Waals surface area (Å²) in [5.41, 5.74) is 6.05. The zero-order valence-electron chi connectivity index (χ0n) is 8.56. The Kier molecular flexibility index (Phi) is 5.05. The minimum absolute atomic E-state index is 0.275. The number of nitrogens with two attached hydrogens (primary N) is 1. The Bertz CT molecular complexity index is 412. The summed E-state index contributed by atoms with van der Waals surface area (Å²) in [5.74, 6) is -0.275. The number of halogens is 3. The maximum absolute atomic E-state index is 11.5. The molecule has 0 aromatic heterocycles. The molecule has 88 valence electrons. The molecule has 0 aliphatic rings. The SMILES string of the molecule is CC[C@H](N)C(=O)Nc1ccc(Br)c(Cl)c1Cl. The van der Waals surface area contributed by atoms with Crippen LogP contribution in [0.5, 0.6) is 0 Å². The molecule has 1 atom stereocenters. The van der Waals surface area contributed by atoms with Crippen molar-refractivity contribution >= 4 is 50.7 Å². The molecule has 0 saturated carbocycles. The summed E-state index contributed by atoms with van der Waals surface area (Å²) in [6.07, 6.45) is 0.563. The van der Waals surface area contributed by atoms with Gasteiger partial charge in [0.25, 0.3) is 0 Å². The van der Waals surface area contributed by atoms with Crippen LogP contribution >= 0.6 is 39.1 Å². The molecule has 1 aromatic rings. The van der Waals surface area contributed by atoms with Gasteiger partial charge in [-0.05, 0) is 34.5 Å². The third-order valence-corrected chi connectivity index (χ3v) is 3.84. The molecule has 0 aliphatic carbocycles. The molecule has 1 rings (SSSR count). The van der Waals surface area contributed by atoms with Gasteiger partial charge in [0.05, 0.1) is 21.8 Å². The average molecular weight is 326 g/mol. The van der Waals surface area contributed by atoms with Crippen LogP contribution in [0.3, 0.4) is 0 Å². The topological polar surface area (TPSA) is 55.1 Å². The molecule has 0 unspecified atom stereocenters. The van der Waals surface area contributed by atoms with Crippen molar-refractivity contribution in [2.45, 2.75) is 19.4 Å². The highest BCUT2D eigenvalue weighted by Crippen LogP contribution is 2.35. The van der Waals surface area contributed by atoms with Crippen molar-refractivity contribution in [3.63, 3.8) is 0 Å². The molecule has 6 heteroatoms. The molecule has 0 radical (unpaired) electrons. The van der Waals surface area contributed by atoms with E-state index in [1.54, 1.807) is 12.1 Å². The lowest BCUT2D eigenvalue weighted by Crippen LogP contribution is -2.34. The van der Waals surface area contributed by atoms with Crippen LogP contribution in [0.15, 0.2) is 16.6 Å². The van der Waals surface area contributed by atoms with Gasteiger partial charge in [0.1, 0.15) is 0 Å². The van der Waals surface area contributed by atoms with Crippen LogP contribution in [-0.4, -0.2) is 11.9 Å². The summed E-state index contributed by atoms with van der Waals surface area (Å²) >= 11 is 15.1. The van der Waals surface area contributed by atoms with E-state index in [1.165, 1.54) is 0 Å². The second kappa shape index (κ2) is 5.87. The minimum atomic E-state index is -0.543. The van der Waals surface area contributed by atoms with Crippen LogP contribution in [0.2, 0.25) is 10.0 Å². The molecule has 0 spiro atoms. The van der Waals surface area contributed by atoms with Crippen LogP contribution in [0, 0.1) is 0 Å². The normalized spacial score (nSPS) is 12.3. The fourth-order valence-corrected chi connectivity index (χ4v) is 1.85. The number of hydrogen-bond donors (Lipinski definition) is 2. The summed E-state index contributed by atoms with van der Waals surface area (Å²) in [6, 6.07) is 2.83. The van der Waals surface area contributed by atoms with Gasteiger partial charge in [0, 0.05) is 4.47 Å². The quantitative estimate of drug-likeness (QED) is 0.836. The lowest BCUT2D eigenvalue weighted by Gasteiger charge is -2.12. The molecule has 0 aliphatic heterocycles. The van der Waals surface area contributed by atoms with Crippen LogP contribution in [0.4, 0.5) is 5.69 Å². The molecule has 0 heterocycles. The van der Waals surface area contributed by atoms with Crippen molar-refractivity contribution in [1.29, 1.82) is 0 Å². The van der Waals surface area contributed by atoms with Crippen LogP contribution in [0.25, 0.3) is 0 Å². The molecule has 3 N–H and O–H groups in total. The Morgan fingerprint density at radius 2 is 2.12 bits per heavy atom. The molecule has 0 fully saturated rings. The predicted molar refractivity (Wildman–Crippen MR) is 71.1 cm³/mol. The number of hydrogen-bond acceptors (Lipinski definition) is 2. The van der Waals surface area contributed by atoms with E-state index >= 15 is 0 Å². The first-order chi connectivity index (χ1) is 7.47. The third kappa shape index (κ3) is 3.10. The lowest BCUT2D eigenvalue weighted by atomic mass is 10.2. The fraction of sp³-hybridized carbons (Fsp3) is 0.300. The van der Waals surface area contributed by atoms with Crippen LogP contribution in [-0.2, 0) is 4.79 Å². The van der Waals surface area contributed by atoms with Crippen molar-refractivity contribution in [3.05, 3.63) is 26.7 Å². The summed E-state index contributed by atoms with van der Waals surface area (Å²) in [7, 11) is 0. The third-order valence-electron chi connectivity index (χ3n) is 2.07. The van der Waals surface area contributed by atoms with Crippen LogP contribution in [0.1, 0.15) is 13.3 Å². The van der Waals surface area contributed by atoms with Gasteiger partial charge in [0.2, 0.25) is 5.91 Å². The molecular weight excluding hydrogens is 315 g/mol. The largest absolute Gasteiger partial charge is 0.323 e. The molecule has 0 bridgehead atoms. The summed E-state index contributed by atoms with van der Waals surface area (Å²) < 4.78 is 0.678. The van der Waals surface area contributed by atoms with E-state index in [1.807, 2.05) is 6.92 Å². The Balaban J connectivity index is 2.91. The second-order valence-electron chi connectivity index (χ2n) is 3.23. The van der Waals surface area contributed by atoms with E-state index in [-0.39, 0.29) is 5.91 Å². The van der Waals surface area contributed by atoms with Gasteiger partial charge >= 0.3 is 0 Å². The standard InChI is InChI=1S/C10H11BrCl2N2O/c1-2-6(14)10(16)15-7-4-3-5(11)8(12)9(7)13/h3-4,6H,2,14H2,1H3,(H,15,16)/t6-/m0/s1. The second-order valence-corrected chi connectivity index (χ2v) is 4.84. The van der Waals surface area contributed by atoms with E-state index < -0.39 is 6.04 Å². The van der Waals surface area contributed by atoms with Gasteiger partial charge in [-0.2, -0.15) is 0 Å². The van der Waals surface area contributed by atoms with Crippen molar-refractivity contribution < 1.29 is 4.79 Å². The number of nitrogens with one attached hydrogen (secondary N) is 1. The highest BCUT2D eigenvalue weighted by atomic mass is 79.9. The fourth-order valence-electron chi connectivity index (χ4n) is 1.03. The van der Waals surface area contributed by atoms with Gasteiger partial charge in [-0.3, -0.25) is 4.79 Å². The number of carbonyl (C=O) groups is 1. The van der Waals surface area contributed by atoms with Gasteiger partial charge in [-0.1, -0.05) is 30.1 Å². The smallest absolute Gasteiger partial charge is 0.241 e. The Morgan fingerprint density at radius 3 is 2.69 bits per heavy atom. The van der Waals surface area contributed by atoms with E-state index in [0.29, 0.717) is 26.6 Å².